The molecular weight excluding hydrogens is 278 g/mol. The SMILES string of the molecule is CCCCc1c(-c2ccc(Cl)cc2)c2ccccc2n1C. The molecule has 0 atom stereocenters. The third-order valence-corrected chi connectivity index (χ3v) is 4.38. The van der Waals surface area contributed by atoms with Gasteiger partial charge in [0.25, 0.3) is 0 Å². The van der Waals surface area contributed by atoms with Crippen LogP contribution in [0.5, 0.6) is 0 Å². The Bertz CT molecular complexity index is 753. The van der Waals surface area contributed by atoms with Crippen molar-refractivity contribution in [3.63, 3.8) is 0 Å². The van der Waals surface area contributed by atoms with E-state index in [4.69, 9.17) is 11.6 Å². The summed E-state index contributed by atoms with van der Waals surface area (Å²) in [5, 5.41) is 2.11. The Morgan fingerprint density at radius 1 is 1.00 bits per heavy atom. The lowest BCUT2D eigenvalue weighted by Gasteiger charge is -2.08. The Balaban J connectivity index is 2.25. The van der Waals surface area contributed by atoms with Gasteiger partial charge in [-0.2, -0.15) is 0 Å². The standard InChI is InChI=1S/C19H20ClN/c1-3-4-8-18-19(14-10-12-15(20)13-11-14)16-7-5-6-9-17(16)21(18)2/h5-7,9-13H,3-4,8H2,1-2H3. The average Bonchev–Trinajstić information content (AvgIpc) is 2.79. The number of fused-ring (bicyclic) bond motifs is 1. The average molecular weight is 298 g/mol. The zero-order valence-corrected chi connectivity index (χ0v) is 13.3. The summed E-state index contributed by atoms with van der Waals surface area (Å²) in [6.45, 7) is 2.24. The van der Waals surface area contributed by atoms with Gasteiger partial charge in [0.2, 0.25) is 0 Å². The molecule has 3 aromatic rings. The largest absolute Gasteiger partial charge is 0.347 e. The predicted molar refractivity (Wildman–Crippen MR) is 92.0 cm³/mol. The van der Waals surface area contributed by atoms with E-state index in [0.717, 1.165) is 11.4 Å². The Morgan fingerprint density at radius 3 is 2.43 bits per heavy atom. The first-order valence-electron chi connectivity index (χ1n) is 7.54. The number of unbranched alkanes of at least 4 members (excludes halogenated alkanes) is 1. The van der Waals surface area contributed by atoms with Gasteiger partial charge in [0.05, 0.1) is 0 Å². The normalized spacial score (nSPS) is 11.2. The zero-order valence-electron chi connectivity index (χ0n) is 12.6. The second-order valence-electron chi connectivity index (χ2n) is 5.51. The maximum Gasteiger partial charge on any atom is 0.0486 e. The van der Waals surface area contributed by atoms with Crippen molar-refractivity contribution in [2.24, 2.45) is 7.05 Å². The summed E-state index contributed by atoms with van der Waals surface area (Å²) < 4.78 is 2.34. The molecule has 0 aliphatic rings. The first-order valence-corrected chi connectivity index (χ1v) is 7.92. The lowest BCUT2D eigenvalue weighted by molar-refractivity contribution is 0.744. The highest BCUT2D eigenvalue weighted by Gasteiger charge is 2.15. The monoisotopic (exact) mass is 297 g/mol. The van der Waals surface area contributed by atoms with Gasteiger partial charge in [0, 0.05) is 34.2 Å². The van der Waals surface area contributed by atoms with Gasteiger partial charge in [-0.25, -0.2) is 0 Å². The van der Waals surface area contributed by atoms with E-state index in [1.54, 1.807) is 0 Å². The number of hydrogen-bond donors (Lipinski definition) is 0. The summed E-state index contributed by atoms with van der Waals surface area (Å²) in [4.78, 5) is 0. The molecular formula is C19H20ClN. The van der Waals surface area contributed by atoms with Crippen LogP contribution in [-0.4, -0.2) is 4.57 Å². The Hall–Kier alpha value is -1.73. The molecule has 0 saturated heterocycles. The molecule has 0 aliphatic carbocycles. The fraction of sp³-hybridized carbons (Fsp3) is 0.263. The number of benzene rings is 2. The molecule has 21 heavy (non-hydrogen) atoms. The second kappa shape index (κ2) is 5.95. The third-order valence-electron chi connectivity index (χ3n) is 4.13. The molecule has 1 aromatic heterocycles. The van der Waals surface area contributed by atoms with E-state index in [2.05, 4.69) is 54.9 Å². The fourth-order valence-corrected chi connectivity index (χ4v) is 3.15. The summed E-state index contributed by atoms with van der Waals surface area (Å²) in [7, 11) is 2.17. The molecule has 0 fully saturated rings. The minimum absolute atomic E-state index is 0.786. The van der Waals surface area contributed by atoms with Gasteiger partial charge < -0.3 is 4.57 Å². The van der Waals surface area contributed by atoms with Gasteiger partial charge in [-0.1, -0.05) is 55.3 Å². The van der Waals surface area contributed by atoms with Gasteiger partial charge in [-0.05, 0) is 36.6 Å². The van der Waals surface area contributed by atoms with Gasteiger partial charge in [0.15, 0.2) is 0 Å². The maximum atomic E-state index is 6.04. The van der Waals surface area contributed by atoms with Crippen molar-refractivity contribution in [1.29, 1.82) is 0 Å². The summed E-state index contributed by atoms with van der Waals surface area (Å²) in [6.07, 6.45) is 3.53. The summed E-state index contributed by atoms with van der Waals surface area (Å²) in [6, 6.07) is 16.8. The highest BCUT2D eigenvalue weighted by molar-refractivity contribution is 6.30. The van der Waals surface area contributed by atoms with Gasteiger partial charge in [-0.3, -0.25) is 0 Å². The Kier molecular flexibility index (Phi) is 4.03. The maximum absolute atomic E-state index is 6.04. The van der Waals surface area contributed by atoms with Crippen LogP contribution in [0.4, 0.5) is 0 Å². The fourth-order valence-electron chi connectivity index (χ4n) is 3.02. The third kappa shape index (κ3) is 2.58. The first kappa shape index (κ1) is 14.2. The van der Waals surface area contributed by atoms with Gasteiger partial charge in [-0.15, -0.1) is 0 Å². The van der Waals surface area contributed by atoms with Crippen LogP contribution in [0, 0.1) is 0 Å². The number of hydrogen-bond acceptors (Lipinski definition) is 0. The molecule has 0 saturated carbocycles. The van der Waals surface area contributed by atoms with Crippen LogP contribution >= 0.6 is 11.6 Å². The molecule has 1 heterocycles. The Morgan fingerprint density at radius 2 is 1.71 bits per heavy atom. The molecule has 0 spiro atoms. The quantitative estimate of drug-likeness (QED) is 0.570. The van der Waals surface area contributed by atoms with Crippen LogP contribution in [0.25, 0.3) is 22.0 Å². The predicted octanol–water partition coefficient (Wildman–Crippen LogP) is 5.84. The van der Waals surface area contributed by atoms with Crippen LogP contribution < -0.4 is 0 Å². The van der Waals surface area contributed by atoms with Crippen molar-refractivity contribution >= 4 is 22.5 Å². The van der Waals surface area contributed by atoms with E-state index < -0.39 is 0 Å². The van der Waals surface area contributed by atoms with Crippen molar-refractivity contribution in [2.45, 2.75) is 26.2 Å². The molecule has 0 unspecified atom stereocenters. The minimum atomic E-state index is 0.786. The minimum Gasteiger partial charge on any atom is -0.347 e. The van der Waals surface area contributed by atoms with Gasteiger partial charge in [0.1, 0.15) is 0 Å². The highest BCUT2D eigenvalue weighted by Crippen LogP contribution is 2.35. The van der Waals surface area contributed by atoms with Crippen molar-refractivity contribution in [3.8, 4) is 11.1 Å². The van der Waals surface area contributed by atoms with E-state index in [1.165, 1.54) is 40.6 Å². The molecule has 0 N–H and O–H groups in total. The molecule has 2 heteroatoms. The van der Waals surface area contributed by atoms with E-state index in [0.29, 0.717) is 0 Å². The van der Waals surface area contributed by atoms with Crippen molar-refractivity contribution in [1.82, 2.24) is 4.57 Å². The number of rotatable bonds is 4. The lowest BCUT2D eigenvalue weighted by Crippen LogP contribution is -1.97. The van der Waals surface area contributed by atoms with Crippen LogP contribution in [0.15, 0.2) is 48.5 Å². The number of nitrogens with zero attached hydrogens (tertiary/aromatic N) is 1. The van der Waals surface area contributed by atoms with Crippen LogP contribution in [0.2, 0.25) is 5.02 Å². The van der Waals surface area contributed by atoms with Crippen molar-refractivity contribution in [3.05, 3.63) is 59.2 Å². The number of halogens is 1. The van der Waals surface area contributed by atoms with E-state index in [9.17, 15) is 0 Å². The molecule has 0 bridgehead atoms. The number of para-hydroxylation sites is 1. The number of aryl methyl sites for hydroxylation is 1. The smallest absolute Gasteiger partial charge is 0.0486 e. The van der Waals surface area contributed by atoms with Crippen LogP contribution in [0.3, 0.4) is 0 Å². The molecule has 2 aromatic carbocycles. The highest BCUT2D eigenvalue weighted by atomic mass is 35.5. The summed E-state index contributed by atoms with van der Waals surface area (Å²) in [5.41, 5.74) is 5.33. The Labute approximate surface area is 131 Å². The zero-order chi connectivity index (χ0) is 14.8. The topological polar surface area (TPSA) is 4.93 Å². The molecule has 0 aliphatic heterocycles. The molecule has 108 valence electrons. The van der Waals surface area contributed by atoms with Crippen LogP contribution in [-0.2, 0) is 13.5 Å². The van der Waals surface area contributed by atoms with E-state index >= 15 is 0 Å². The first-order chi connectivity index (χ1) is 10.2. The molecule has 1 nitrogen and oxygen atoms in total. The van der Waals surface area contributed by atoms with Crippen molar-refractivity contribution < 1.29 is 0 Å². The summed E-state index contributed by atoms with van der Waals surface area (Å²) >= 11 is 6.04. The van der Waals surface area contributed by atoms with E-state index in [1.807, 2.05) is 12.1 Å². The molecule has 3 rings (SSSR count). The summed E-state index contributed by atoms with van der Waals surface area (Å²) in [5.74, 6) is 0. The van der Waals surface area contributed by atoms with Gasteiger partial charge >= 0.3 is 0 Å². The molecule has 0 radical (unpaired) electrons. The second-order valence-corrected chi connectivity index (χ2v) is 5.94. The molecule has 0 amide bonds. The van der Waals surface area contributed by atoms with E-state index in [-0.39, 0.29) is 0 Å². The van der Waals surface area contributed by atoms with Crippen molar-refractivity contribution in [2.75, 3.05) is 0 Å². The van der Waals surface area contributed by atoms with Crippen LogP contribution in [0.1, 0.15) is 25.5 Å². The lowest BCUT2D eigenvalue weighted by atomic mass is 9.99. The number of aromatic nitrogens is 1.